The Morgan fingerprint density at radius 1 is 0.917 bits per heavy atom. The van der Waals surface area contributed by atoms with Crippen LogP contribution in [-0.2, 0) is 4.79 Å². The summed E-state index contributed by atoms with van der Waals surface area (Å²) in [5.74, 6) is 1.16. The zero-order valence-corrected chi connectivity index (χ0v) is 20.9. The summed E-state index contributed by atoms with van der Waals surface area (Å²) in [7, 11) is 0. The molecule has 6 nitrogen and oxygen atoms in total. The summed E-state index contributed by atoms with van der Waals surface area (Å²) in [6, 6.07) is 18.5. The van der Waals surface area contributed by atoms with Crippen LogP contribution in [0.25, 0.3) is 27.7 Å². The Morgan fingerprint density at radius 3 is 2.25 bits per heavy atom. The van der Waals surface area contributed by atoms with E-state index in [1.54, 1.807) is 36.6 Å². The number of carbonyl (C=O) groups is 2. The molecule has 0 atom stereocenters. The molecule has 0 saturated heterocycles. The van der Waals surface area contributed by atoms with Gasteiger partial charge in [0.2, 0.25) is 5.91 Å². The smallest absolute Gasteiger partial charge is 0.248 e. The lowest BCUT2D eigenvalue weighted by atomic mass is 9.99. The molecule has 0 saturated carbocycles. The lowest BCUT2D eigenvalue weighted by Gasteiger charge is -2.12. The normalized spacial score (nSPS) is 11.4. The predicted molar refractivity (Wildman–Crippen MR) is 143 cm³/mol. The number of hydrogen-bond acceptors (Lipinski definition) is 5. The maximum absolute atomic E-state index is 12.7. The van der Waals surface area contributed by atoms with E-state index in [-0.39, 0.29) is 11.7 Å². The standard InChI is InChI=1S/C30H29NO5/c1-5-34-24-13-9-22(10-14-24)27-18-36-29-17-28(35-6-2)25(16-26(27)29)19(3)15-30(33)31-23-11-7-21(8-12-23)20(4)32/h7-18H,5-6H2,1-4H3,(H,31,33)/b19-15+. The molecule has 3 aromatic carbocycles. The minimum atomic E-state index is -0.274. The number of amides is 1. The molecule has 4 rings (SSSR count). The average Bonchev–Trinajstić information content (AvgIpc) is 3.27. The van der Waals surface area contributed by atoms with Crippen molar-refractivity contribution in [1.29, 1.82) is 0 Å². The maximum atomic E-state index is 12.7. The van der Waals surface area contributed by atoms with E-state index in [0.29, 0.717) is 35.8 Å². The number of rotatable bonds is 9. The minimum Gasteiger partial charge on any atom is -0.494 e. The first-order chi connectivity index (χ1) is 17.4. The number of ether oxygens (including phenoxy) is 2. The second kappa shape index (κ2) is 11.0. The summed E-state index contributed by atoms with van der Waals surface area (Å²) < 4.78 is 17.3. The van der Waals surface area contributed by atoms with Crippen LogP contribution in [-0.4, -0.2) is 24.9 Å². The summed E-state index contributed by atoms with van der Waals surface area (Å²) in [6.07, 6.45) is 3.27. The number of nitrogens with one attached hydrogen (secondary N) is 1. The zero-order chi connectivity index (χ0) is 25.7. The van der Waals surface area contributed by atoms with Gasteiger partial charge in [-0.05, 0) is 81.3 Å². The van der Waals surface area contributed by atoms with Crippen LogP contribution in [0, 0.1) is 0 Å². The van der Waals surface area contributed by atoms with Crippen LogP contribution in [0.2, 0.25) is 0 Å². The second-order valence-electron chi connectivity index (χ2n) is 8.33. The van der Waals surface area contributed by atoms with Gasteiger partial charge in [0.15, 0.2) is 5.78 Å². The van der Waals surface area contributed by atoms with Crippen molar-refractivity contribution < 1.29 is 23.5 Å². The third kappa shape index (κ3) is 5.49. The van der Waals surface area contributed by atoms with Crippen molar-refractivity contribution in [2.45, 2.75) is 27.7 Å². The lowest BCUT2D eigenvalue weighted by Crippen LogP contribution is -2.09. The van der Waals surface area contributed by atoms with Crippen LogP contribution >= 0.6 is 0 Å². The fourth-order valence-corrected chi connectivity index (χ4v) is 4.00. The van der Waals surface area contributed by atoms with Crippen molar-refractivity contribution >= 4 is 33.9 Å². The lowest BCUT2D eigenvalue weighted by molar-refractivity contribution is -0.111. The molecule has 1 N–H and O–H groups in total. The van der Waals surface area contributed by atoms with E-state index in [0.717, 1.165) is 33.4 Å². The van der Waals surface area contributed by atoms with Crippen molar-refractivity contribution in [3.8, 4) is 22.6 Å². The van der Waals surface area contributed by atoms with Gasteiger partial charge < -0.3 is 19.2 Å². The molecule has 0 bridgehead atoms. The number of ketones is 1. The molecule has 0 aliphatic heterocycles. The van der Waals surface area contributed by atoms with E-state index in [4.69, 9.17) is 13.9 Å². The zero-order valence-electron chi connectivity index (χ0n) is 20.9. The highest BCUT2D eigenvalue weighted by Crippen LogP contribution is 2.38. The molecular weight excluding hydrogens is 454 g/mol. The van der Waals surface area contributed by atoms with E-state index in [1.165, 1.54) is 6.92 Å². The Morgan fingerprint density at radius 2 is 1.61 bits per heavy atom. The Kier molecular flexibility index (Phi) is 7.54. The second-order valence-corrected chi connectivity index (χ2v) is 8.33. The molecule has 1 amide bonds. The quantitative estimate of drug-likeness (QED) is 0.202. The largest absolute Gasteiger partial charge is 0.494 e. The van der Waals surface area contributed by atoms with Crippen molar-refractivity contribution in [3.63, 3.8) is 0 Å². The van der Waals surface area contributed by atoms with Crippen LogP contribution in [0.5, 0.6) is 11.5 Å². The molecular formula is C30H29NO5. The number of furan rings is 1. The third-order valence-electron chi connectivity index (χ3n) is 5.78. The molecule has 0 spiro atoms. The number of allylic oxidation sites excluding steroid dienone is 1. The number of hydrogen-bond donors (Lipinski definition) is 1. The first-order valence-electron chi connectivity index (χ1n) is 11.9. The fraction of sp³-hybridized carbons (Fsp3) is 0.200. The molecule has 1 aromatic heterocycles. The molecule has 0 unspecified atom stereocenters. The van der Waals surface area contributed by atoms with Gasteiger partial charge in [0.05, 0.1) is 19.5 Å². The van der Waals surface area contributed by atoms with E-state index in [9.17, 15) is 9.59 Å². The van der Waals surface area contributed by atoms with Gasteiger partial charge in [-0.3, -0.25) is 9.59 Å². The van der Waals surface area contributed by atoms with Crippen molar-refractivity contribution in [2.24, 2.45) is 0 Å². The molecule has 0 fully saturated rings. The first-order valence-corrected chi connectivity index (χ1v) is 11.9. The average molecular weight is 484 g/mol. The van der Waals surface area contributed by atoms with Gasteiger partial charge in [-0.15, -0.1) is 0 Å². The molecule has 0 aliphatic carbocycles. The molecule has 36 heavy (non-hydrogen) atoms. The fourth-order valence-electron chi connectivity index (χ4n) is 4.00. The Bertz CT molecular complexity index is 1410. The van der Waals surface area contributed by atoms with Crippen LogP contribution < -0.4 is 14.8 Å². The highest BCUT2D eigenvalue weighted by Gasteiger charge is 2.15. The summed E-state index contributed by atoms with van der Waals surface area (Å²) in [5, 5.41) is 3.77. The summed E-state index contributed by atoms with van der Waals surface area (Å²) >= 11 is 0. The SMILES string of the molecule is CCOc1ccc(-c2coc3cc(OCC)c(/C(C)=C/C(=O)Nc4ccc(C(C)=O)cc4)cc23)cc1. The summed E-state index contributed by atoms with van der Waals surface area (Å²) in [4.78, 5) is 24.2. The molecule has 6 heteroatoms. The van der Waals surface area contributed by atoms with Crippen LogP contribution in [0.1, 0.15) is 43.6 Å². The number of fused-ring (bicyclic) bond motifs is 1. The van der Waals surface area contributed by atoms with Crippen LogP contribution in [0.4, 0.5) is 5.69 Å². The topological polar surface area (TPSA) is 77.8 Å². The van der Waals surface area contributed by atoms with Gasteiger partial charge in [0.1, 0.15) is 17.1 Å². The maximum Gasteiger partial charge on any atom is 0.248 e. The van der Waals surface area contributed by atoms with Crippen LogP contribution in [0.15, 0.2) is 77.4 Å². The first kappa shape index (κ1) is 24.8. The molecule has 0 aliphatic rings. The Labute approximate surface area is 210 Å². The Balaban J connectivity index is 1.65. The molecule has 184 valence electrons. The Hall–Kier alpha value is -4.32. The van der Waals surface area contributed by atoms with E-state index in [1.807, 2.05) is 57.2 Å². The van der Waals surface area contributed by atoms with Gasteiger partial charge >= 0.3 is 0 Å². The number of carbonyl (C=O) groups excluding carboxylic acids is 2. The molecule has 4 aromatic rings. The van der Waals surface area contributed by atoms with Crippen molar-refractivity contribution in [1.82, 2.24) is 0 Å². The predicted octanol–water partition coefficient (Wildman–Crippen LogP) is 7.14. The van der Waals surface area contributed by atoms with E-state index in [2.05, 4.69) is 5.32 Å². The number of benzene rings is 3. The third-order valence-corrected chi connectivity index (χ3v) is 5.78. The summed E-state index contributed by atoms with van der Waals surface area (Å²) in [5.41, 5.74) is 5.41. The number of Topliss-reactive ketones (excluding diaryl/α,β-unsaturated/α-hetero) is 1. The van der Waals surface area contributed by atoms with Gasteiger partial charge in [0.25, 0.3) is 0 Å². The van der Waals surface area contributed by atoms with Gasteiger partial charge in [0, 0.05) is 39.9 Å². The molecule has 0 radical (unpaired) electrons. The van der Waals surface area contributed by atoms with Crippen molar-refractivity contribution in [3.05, 3.63) is 84.1 Å². The molecule has 1 heterocycles. The van der Waals surface area contributed by atoms with Gasteiger partial charge in [-0.2, -0.15) is 0 Å². The summed E-state index contributed by atoms with van der Waals surface area (Å²) in [6.45, 7) is 8.34. The van der Waals surface area contributed by atoms with Gasteiger partial charge in [-0.25, -0.2) is 0 Å². The van der Waals surface area contributed by atoms with Gasteiger partial charge in [-0.1, -0.05) is 12.1 Å². The van der Waals surface area contributed by atoms with Crippen LogP contribution in [0.3, 0.4) is 0 Å². The monoisotopic (exact) mass is 483 g/mol. The van der Waals surface area contributed by atoms with E-state index >= 15 is 0 Å². The highest BCUT2D eigenvalue weighted by molar-refractivity contribution is 6.05. The number of anilines is 1. The highest BCUT2D eigenvalue weighted by atomic mass is 16.5. The van der Waals surface area contributed by atoms with E-state index < -0.39 is 0 Å². The minimum absolute atomic E-state index is 0.0219. The van der Waals surface area contributed by atoms with Crippen molar-refractivity contribution in [2.75, 3.05) is 18.5 Å².